The van der Waals surface area contributed by atoms with E-state index in [1.54, 1.807) is 0 Å². The zero-order chi connectivity index (χ0) is 15.5. The van der Waals surface area contributed by atoms with Crippen LogP contribution >= 0.6 is 11.6 Å². The van der Waals surface area contributed by atoms with Gasteiger partial charge in [-0.25, -0.2) is 13.1 Å². The van der Waals surface area contributed by atoms with Gasteiger partial charge in [0.05, 0.1) is 16.7 Å². The summed E-state index contributed by atoms with van der Waals surface area (Å²) in [5.41, 5.74) is 0.315. The zero-order valence-electron chi connectivity index (χ0n) is 11.4. The van der Waals surface area contributed by atoms with Crippen LogP contribution in [-0.4, -0.2) is 26.7 Å². The van der Waals surface area contributed by atoms with Gasteiger partial charge in [-0.05, 0) is 42.9 Å². The second-order valence-corrected chi connectivity index (χ2v) is 7.39. The molecule has 1 aliphatic rings. The van der Waals surface area contributed by atoms with Crippen molar-refractivity contribution in [2.45, 2.75) is 24.2 Å². The molecule has 2 unspecified atom stereocenters. The lowest BCUT2D eigenvalue weighted by molar-refractivity contribution is 0.195. The molecule has 0 radical (unpaired) electrons. The van der Waals surface area contributed by atoms with Crippen molar-refractivity contribution >= 4 is 21.6 Å². The molecule has 1 aromatic rings. The highest BCUT2D eigenvalue weighted by Crippen LogP contribution is 2.31. The van der Waals surface area contributed by atoms with Crippen molar-refractivity contribution in [3.63, 3.8) is 0 Å². The Kier molecular flexibility index (Phi) is 5.22. The molecule has 1 fully saturated rings. The Morgan fingerprint density at radius 1 is 1.38 bits per heavy atom. The maximum absolute atomic E-state index is 12.3. The number of rotatable bonds is 5. The standard InChI is InChI=1S/C14H17ClN2O3S/c15-13-6-10(7-16)4-5-14(13)21(19,20)17-8-11-2-1-3-12(11)9-18/h4-6,11-12,17-18H,1-3,8-9H2. The molecule has 2 rings (SSSR count). The van der Waals surface area contributed by atoms with E-state index in [0.717, 1.165) is 19.3 Å². The van der Waals surface area contributed by atoms with E-state index in [1.165, 1.54) is 18.2 Å². The smallest absolute Gasteiger partial charge is 0.242 e. The highest BCUT2D eigenvalue weighted by Gasteiger charge is 2.28. The van der Waals surface area contributed by atoms with Crippen LogP contribution in [-0.2, 0) is 10.0 Å². The van der Waals surface area contributed by atoms with Gasteiger partial charge in [-0.1, -0.05) is 18.0 Å². The van der Waals surface area contributed by atoms with Gasteiger partial charge < -0.3 is 5.11 Å². The Hall–Kier alpha value is -1.13. The summed E-state index contributed by atoms with van der Waals surface area (Å²) in [6.45, 7) is 0.383. The quantitative estimate of drug-likeness (QED) is 0.863. The van der Waals surface area contributed by atoms with Crippen molar-refractivity contribution in [2.75, 3.05) is 13.2 Å². The highest BCUT2D eigenvalue weighted by atomic mass is 35.5. The number of aliphatic hydroxyl groups excluding tert-OH is 1. The van der Waals surface area contributed by atoms with Gasteiger partial charge in [0, 0.05) is 13.2 Å². The monoisotopic (exact) mass is 328 g/mol. The van der Waals surface area contributed by atoms with Crippen LogP contribution in [0.25, 0.3) is 0 Å². The molecule has 2 atom stereocenters. The van der Waals surface area contributed by atoms with Crippen molar-refractivity contribution in [2.24, 2.45) is 11.8 Å². The first-order valence-electron chi connectivity index (χ1n) is 6.78. The lowest BCUT2D eigenvalue weighted by Crippen LogP contribution is -2.31. The van der Waals surface area contributed by atoms with E-state index in [0.29, 0.717) is 12.1 Å². The summed E-state index contributed by atoms with van der Waals surface area (Å²) in [6, 6.07) is 6.00. The average Bonchev–Trinajstić information content (AvgIpc) is 2.92. The Bertz CT molecular complexity index is 655. The Balaban J connectivity index is 2.10. The molecule has 21 heavy (non-hydrogen) atoms. The van der Waals surface area contributed by atoms with Gasteiger partial charge >= 0.3 is 0 Å². The molecular weight excluding hydrogens is 312 g/mol. The molecule has 0 spiro atoms. The van der Waals surface area contributed by atoms with Crippen LogP contribution in [0, 0.1) is 23.2 Å². The Morgan fingerprint density at radius 2 is 2.10 bits per heavy atom. The van der Waals surface area contributed by atoms with Crippen LogP contribution in [0.3, 0.4) is 0 Å². The Morgan fingerprint density at radius 3 is 2.71 bits per heavy atom. The number of nitrogens with zero attached hydrogens (tertiary/aromatic N) is 1. The predicted octanol–water partition coefficient (Wildman–Crippen LogP) is 1.90. The van der Waals surface area contributed by atoms with Crippen molar-refractivity contribution < 1.29 is 13.5 Å². The highest BCUT2D eigenvalue weighted by molar-refractivity contribution is 7.89. The van der Waals surface area contributed by atoms with Gasteiger partial charge in [-0.3, -0.25) is 0 Å². The molecule has 1 aliphatic carbocycles. The van der Waals surface area contributed by atoms with Crippen molar-refractivity contribution in [1.82, 2.24) is 4.72 Å². The van der Waals surface area contributed by atoms with Gasteiger partial charge in [-0.2, -0.15) is 5.26 Å². The summed E-state index contributed by atoms with van der Waals surface area (Å²) >= 11 is 5.93. The zero-order valence-corrected chi connectivity index (χ0v) is 13.0. The first kappa shape index (κ1) is 16.2. The number of hydrogen-bond acceptors (Lipinski definition) is 4. The number of hydrogen-bond donors (Lipinski definition) is 2. The molecule has 0 amide bonds. The van der Waals surface area contributed by atoms with E-state index in [2.05, 4.69) is 4.72 Å². The molecule has 1 aromatic carbocycles. The molecule has 5 nitrogen and oxygen atoms in total. The molecule has 2 N–H and O–H groups in total. The fourth-order valence-electron chi connectivity index (χ4n) is 2.71. The van der Waals surface area contributed by atoms with E-state index in [9.17, 15) is 13.5 Å². The SMILES string of the molecule is N#Cc1ccc(S(=O)(=O)NCC2CCCC2CO)c(Cl)c1. The Labute approximate surface area is 129 Å². The molecule has 0 aliphatic heterocycles. The fraction of sp³-hybridized carbons (Fsp3) is 0.500. The summed E-state index contributed by atoms with van der Waals surface area (Å²) in [7, 11) is -3.71. The topological polar surface area (TPSA) is 90.2 Å². The first-order chi connectivity index (χ1) is 9.97. The summed E-state index contributed by atoms with van der Waals surface area (Å²) in [4.78, 5) is -0.0262. The molecule has 0 heterocycles. The number of nitrogens with one attached hydrogen (secondary N) is 1. The minimum Gasteiger partial charge on any atom is -0.396 e. The van der Waals surface area contributed by atoms with Gasteiger partial charge in [0.1, 0.15) is 4.90 Å². The third-order valence-corrected chi connectivity index (χ3v) is 5.84. The van der Waals surface area contributed by atoms with E-state index in [4.69, 9.17) is 16.9 Å². The van der Waals surface area contributed by atoms with Crippen LogP contribution in [0.1, 0.15) is 24.8 Å². The summed E-state index contributed by atoms with van der Waals surface area (Å²) in [5, 5.41) is 18.1. The second kappa shape index (κ2) is 6.75. The van der Waals surface area contributed by atoms with Crippen LogP contribution in [0.2, 0.25) is 5.02 Å². The normalized spacial score (nSPS) is 22.1. The van der Waals surface area contributed by atoms with Gasteiger partial charge in [0.15, 0.2) is 0 Å². The van der Waals surface area contributed by atoms with E-state index in [1.807, 2.05) is 6.07 Å². The maximum atomic E-state index is 12.3. The molecule has 0 saturated heterocycles. The van der Waals surface area contributed by atoms with Crippen molar-refractivity contribution in [3.05, 3.63) is 28.8 Å². The van der Waals surface area contributed by atoms with Crippen LogP contribution in [0.4, 0.5) is 0 Å². The van der Waals surface area contributed by atoms with Crippen molar-refractivity contribution in [1.29, 1.82) is 5.26 Å². The summed E-state index contributed by atoms with van der Waals surface area (Å²) < 4.78 is 27.1. The molecule has 114 valence electrons. The van der Waals surface area contributed by atoms with E-state index >= 15 is 0 Å². The number of nitriles is 1. The lowest BCUT2D eigenvalue weighted by Gasteiger charge is -2.18. The van der Waals surface area contributed by atoms with Crippen LogP contribution in [0.15, 0.2) is 23.1 Å². The van der Waals surface area contributed by atoms with Gasteiger partial charge in [0.25, 0.3) is 0 Å². The second-order valence-electron chi connectivity index (χ2n) is 5.24. The molecule has 0 aromatic heterocycles. The fourth-order valence-corrected chi connectivity index (χ4v) is 4.34. The number of sulfonamides is 1. The van der Waals surface area contributed by atoms with Crippen LogP contribution in [0.5, 0.6) is 0 Å². The predicted molar refractivity (Wildman–Crippen MR) is 79.3 cm³/mol. The third-order valence-electron chi connectivity index (χ3n) is 3.94. The summed E-state index contributed by atoms with van der Waals surface area (Å²) in [5.74, 6) is 0.311. The lowest BCUT2D eigenvalue weighted by atomic mass is 9.97. The number of aliphatic hydroxyl groups is 1. The van der Waals surface area contributed by atoms with Crippen molar-refractivity contribution in [3.8, 4) is 6.07 Å². The maximum Gasteiger partial charge on any atom is 0.242 e. The van der Waals surface area contributed by atoms with Gasteiger partial charge in [-0.15, -0.1) is 0 Å². The third kappa shape index (κ3) is 3.74. The number of halogens is 1. The van der Waals surface area contributed by atoms with E-state index in [-0.39, 0.29) is 28.4 Å². The van der Waals surface area contributed by atoms with Crippen LogP contribution < -0.4 is 4.72 Å². The van der Waals surface area contributed by atoms with Gasteiger partial charge in [0.2, 0.25) is 10.0 Å². The largest absolute Gasteiger partial charge is 0.396 e. The average molecular weight is 329 g/mol. The molecular formula is C14H17ClN2O3S. The molecule has 1 saturated carbocycles. The summed E-state index contributed by atoms with van der Waals surface area (Å²) in [6.07, 6.45) is 2.85. The minimum absolute atomic E-state index is 0.0262. The molecule has 0 bridgehead atoms. The first-order valence-corrected chi connectivity index (χ1v) is 8.64. The molecule has 7 heteroatoms. The minimum atomic E-state index is -3.71. The van der Waals surface area contributed by atoms with E-state index < -0.39 is 10.0 Å². The number of benzene rings is 1.